The lowest BCUT2D eigenvalue weighted by Crippen LogP contribution is -2.38. The monoisotopic (exact) mass is 390 g/mol. The molecule has 0 saturated carbocycles. The molecule has 2 aromatic rings. The Labute approximate surface area is 163 Å². The van der Waals surface area contributed by atoms with E-state index in [9.17, 15) is 8.42 Å². The summed E-state index contributed by atoms with van der Waals surface area (Å²) < 4.78 is 33.6. The molecule has 2 rings (SSSR count). The van der Waals surface area contributed by atoms with Crippen molar-refractivity contribution < 1.29 is 13.2 Å². The van der Waals surface area contributed by atoms with Crippen LogP contribution in [-0.2, 0) is 16.4 Å². The van der Waals surface area contributed by atoms with Gasteiger partial charge < -0.3 is 4.74 Å². The Morgan fingerprint density at radius 1 is 1.04 bits per heavy atom. The number of benzene rings is 2. The minimum atomic E-state index is -3.56. The van der Waals surface area contributed by atoms with Crippen molar-refractivity contribution in [2.45, 2.75) is 38.1 Å². The van der Waals surface area contributed by atoms with Crippen LogP contribution in [0.1, 0.15) is 37.9 Å². The second kappa shape index (κ2) is 9.88. The molecule has 5 nitrogen and oxygen atoms in total. The fraction of sp³-hybridized carbons (Fsp3) is 0.429. The number of methoxy groups -OCH3 is 1. The summed E-state index contributed by atoms with van der Waals surface area (Å²) in [7, 11) is -1.93. The summed E-state index contributed by atoms with van der Waals surface area (Å²) in [5.74, 6) is 0.766. The van der Waals surface area contributed by atoms with Gasteiger partial charge in [0.25, 0.3) is 0 Å². The van der Waals surface area contributed by atoms with E-state index in [0.29, 0.717) is 11.4 Å². The Hall–Kier alpha value is -1.89. The second-order valence-corrected chi connectivity index (χ2v) is 8.13. The molecule has 0 radical (unpaired) electrons. The van der Waals surface area contributed by atoms with Crippen LogP contribution in [0.5, 0.6) is 5.75 Å². The first-order valence-corrected chi connectivity index (χ1v) is 10.9. The van der Waals surface area contributed by atoms with E-state index in [1.54, 1.807) is 19.2 Å². The van der Waals surface area contributed by atoms with Crippen LogP contribution >= 0.6 is 0 Å². The van der Waals surface area contributed by atoms with E-state index in [-0.39, 0.29) is 6.04 Å². The molecule has 0 saturated heterocycles. The zero-order chi connectivity index (χ0) is 19.9. The first kappa shape index (κ1) is 21.4. The molecule has 0 aliphatic rings. The van der Waals surface area contributed by atoms with Crippen LogP contribution in [-0.4, -0.2) is 40.1 Å². The van der Waals surface area contributed by atoms with Crippen LogP contribution in [0.4, 0.5) is 0 Å². The maximum absolute atomic E-state index is 12.7. The third kappa shape index (κ3) is 5.54. The number of rotatable bonds is 10. The highest BCUT2D eigenvalue weighted by atomic mass is 32.2. The fourth-order valence-electron chi connectivity index (χ4n) is 3.15. The van der Waals surface area contributed by atoms with Crippen molar-refractivity contribution in [3.63, 3.8) is 0 Å². The van der Waals surface area contributed by atoms with Crippen LogP contribution in [0.3, 0.4) is 0 Å². The van der Waals surface area contributed by atoms with Gasteiger partial charge in [0.15, 0.2) is 0 Å². The summed E-state index contributed by atoms with van der Waals surface area (Å²) in [4.78, 5) is 2.53. The van der Waals surface area contributed by atoms with E-state index in [0.717, 1.165) is 36.4 Å². The van der Waals surface area contributed by atoms with Gasteiger partial charge in [0.05, 0.1) is 12.0 Å². The van der Waals surface area contributed by atoms with Crippen LogP contribution in [0.25, 0.3) is 0 Å². The standard InChI is InChI=1S/C21H30N2O3S/c1-5-17-11-13-20(14-12-17)27(24,25)22-16-21(23(6-2)7-3)18-9-8-10-19(15-18)26-4/h8-15,21-22H,5-7,16H2,1-4H3. The lowest BCUT2D eigenvalue weighted by atomic mass is 10.0. The highest BCUT2D eigenvalue weighted by molar-refractivity contribution is 7.89. The topological polar surface area (TPSA) is 58.6 Å². The van der Waals surface area contributed by atoms with Crippen LogP contribution in [0.2, 0.25) is 0 Å². The summed E-state index contributed by atoms with van der Waals surface area (Å²) in [6.45, 7) is 8.15. The number of hydrogen-bond acceptors (Lipinski definition) is 4. The van der Waals surface area contributed by atoms with Crippen molar-refractivity contribution in [2.75, 3.05) is 26.7 Å². The predicted molar refractivity (Wildman–Crippen MR) is 110 cm³/mol. The third-order valence-corrected chi connectivity index (χ3v) is 6.28. The SMILES string of the molecule is CCc1ccc(S(=O)(=O)NCC(c2cccc(OC)c2)N(CC)CC)cc1. The van der Waals surface area contributed by atoms with E-state index in [2.05, 4.69) is 23.5 Å². The number of ether oxygens (including phenoxy) is 1. The first-order chi connectivity index (χ1) is 12.9. The van der Waals surface area contributed by atoms with E-state index >= 15 is 0 Å². The molecule has 0 bridgehead atoms. The number of nitrogens with zero attached hydrogens (tertiary/aromatic N) is 1. The van der Waals surface area contributed by atoms with Crippen molar-refractivity contribution in [1.82, 2.24) is 9.62 Å². The fourth-order valence-corrected chi connectivity index (χ4v) is 4.19. The molecule has 1 atom stereocenters. The maximum Gasteiger partial charge on any atom is 0.240 e. The number of sulfonamides is 1. The van der Waals surface area contributed by atoms with Gasteiger partial charge in [-0.1, -0.05) is 45.0 Å². The summed E-state index contributed by atoms with van der Waals surface area (Å²) in [5.41, 5.74) is 2.15. The van der Waals surface area contributed by atoms with E-state index in [1.807, 2.05) is 43.3 Å². The third-order valence-electron chi connectivity index (χ3n) is 4.84. The minimum absolute atomic E-state index is 0.0696. The Morgan fingerprint density at radius 3 is 2.26 bits per heavy atom. The summed E-state index contributed by atoms with van der Waals surface area (Å²) in [6.07, 6.45) is 0.883. The number of likely N-dealkylation sites (N-methyl/N-ethyl adjacent to an activating group) is 1. The lowest BCUT2D eigenvalue weighted by Gasteiger charge is -2.30. The van der Waals surface area contributed by atoms with Crippen molar-refractivity contribution in [2.24, 2.45) is 0 Å². The van der Waals surface area contributed by atoms with Gasteiger partial charge in [-0.05, 0) is 54.9 Å². The van der Waals surface area contributed by atoms with Gasteiger partial charge in [0.1, 0.15) is 5.75 Å². The van der Waals surface area contributed by atoms with Crippen molar-refractivity contribution in [3.8, 4) is 5.75 Å². The van der Waals surface area contributed by atoms with Crippen molar-refractivity contribution in [1.29, 1.82) is 0 Å². The minimum Gasteiger partial charge on any atom is -0.497 e. The highest BCUT2D eigenvalue weighted by Crippen LogP contribution is 2.24. The van der Waals surface area contributed by atoms with Crippen molar-refractivity contribution >= 4 is 10.0 Å². The molecule has 6 heteroatoms. The quantitative estimate of drug-likeness (QED) is 0.673. The molecule has 1 unspecified atom stereocenters. The Morgan fingerprint density at radius 2 is 1.70 bits per heavy atom. The Balaban J connectivity index is 2.23. The number of aryl methyl sites for hydroxylation is 1. The van der Waals surface area contributed by atoms with E-state index in [4.69, 9.17) is 4.74 Å². The largest absolute Gasteiger partial charge is 0.497 e. The van der Waals surface area contributed by atoms with E-state index < -0.39 is 10.0 Å². The first-order valence-electron chi connectivity index (χ1n) is 9.41. The molecule has 0 aliphatic heterocycles. The smallest absolute Gasteiger partial charge is 0.240 e. The zero-order valence-corrected chi connectivity index (χ0v) is 17.4. The predicted octanol–water partition coefficient (Wildman–Crippen LogP) is 3.62. The summed E-state index contributed by atoms with van der Waals surface area (Å²) >= 11 is 0. The average Bonchev–Trinajstić information content (AvgIpc) is 2.71. The van der Waals surface area contributed by atoms with Crippen LogP contribution in [0.15, 0.2) is 53.4 Å². The van der Waals surface area contributed by atoms with Gasteiger partial charge in [0, 0.05) is 12.6 Å². The lowest BCUT2D eigenvalue weighted by molar-refractivity contribution is 0.219. The Kier molecular flexibility index (Phi) is 7.83. The molecule has 0 amide bonds. The average molecular weight is 391 g/mol. The van der Waals surface area contributed by atoms with Crippen LogP contribution in [0, 0.1) is 0 Å². The number of nitrogens with one attached hydrogen (secondary N) is 1. The molecule has 0 heterocycles. The summed E-state index contributed by atoms with van der Waals surface area (Å²) in [6, 6.07) is 14.8. The molecule has 0 spiro atoms. The molecule has 2 aromatic carbocycles. The normalized spacial score (nSPS) is 12.9. The van der Waals surface area contributed by atoms with Gasteiger partial charge in [0.2, 0.25) is 10.0 Å². The molecule has 0 aromatic heterocycles. The summed E-state index contributed by atoms with van der Waals surface area (Å²) in [5, 5.41) is 0. The van der Waals surface area contributed by atoms with E-state index in [1.165, 1.54) is 0 Å². The highest BCUT2D eigenvalue weighted by Gasteiger charge is 2.22. The van der Waals surface area contributed by atoms with Crippen molar-refractivity contribution in [3.05, 3.63) is 59.7 Å². The molecule has 1 N–H and O–H groups in total. The maximum atomic E-state index is 12.7. The molecular formula is C21H30N2O3S. The molecule has 0 aliphatic carbocycles. The van der Waals surface area contributed by atoms with Gasteiger partial charge in [-0.15, -0.1) is 0 Å². The van der Waals surface area contributed by atoms with Gasteiger partial charge >= 0.3 is 0 Å². The van der Waals surface area contributed by atoms with Gasteiger partial charge in [-0.25, -0.2) is 13.1 Å². The molecule has 27 heavy (non-hydrogen) atoms. The Bertz CT molecular complexity index is 816. The van der Waals surface area contributed by atoms with Crippen LogP contribution < -0.4 is 9.46 Å². The molecule has 148 valence electrons. The second-order valence-electron chi connectivity index (χ2n) is 6.36. The van der Waals surface area contributed by atoms with Gasteiger partial charge in [-0.3, -0.25) is 4.90 Å². The molecular weight excluding hydrogens is 360 g/mol. The molecule has 0 fully saturated rings. The zero-order valence-electron chi connectivity index (χ0n) is 16.6. The van der Waals surface area contributed by atoms with Gasteiger partial charge in [-0.2, -0.15) is 0 Å². The number of hydrogen-bond donors (Lipinski definition) is 1.